The van der Waals surface area contributed by atoms with Gasteiger partial charge in [0.25, 0.3) is 0 Å². The van der Waals surface area contributed by atoms with Crippen LogP contribution in [-0.2, 0) is 6.42 Å². The molecule has 0 bridgehead atoms. The van der Waals surface area contributed by atoms with Crippen LogP contribution in [0.3, 0.4) is 0 Å². The smallest absolute Gasteiger partial charge is 0.123 e. The summed E-state index contributed by atoms with van der Waals surface area (Å²) in [5.41, 5.74) is 7.28. The normalized spacial score (nSPS) is 12.8. The summed E-state index contributed by atoms with van der Waals surface area (Å²) in [7, 11) is 0. The van der Waals surface area contributed by atoms with Gasteiger partial charge in [-0.25, -0.2) is 0 Å². The average Bonchev–Trinajstić information content (AvgIpc) is 2.49. The van der Waals surface area contributed by atoms with Gasteiger partial charge in [-0.2, -0.15) is 0 Å². The number of hydrogen-bond donors (Lipinski definition) is 1. The third-order valence-electron chi connectivity index (χ3n) is 4.15. The predicted molar refractivity (Wildman–Crippen MR) is 90.9 cm³/mol. The van der Waals surface area contributed by atoms with E-state index in [0.717, 1.165) is 31.6 Å². The highest BCUT2D eigenvalue weighted by atomic mass is 16.5. The van der Waals surface area contributed by atoms with Crippen molar-refractivity contribution in [2.24, 2.45) is 11.7 Å². The van der Waals surface area contributed by atoms with Crippen LogP contribution in [0.1, 0.15) is 39.2 Å². The molecular weight excluding hydrogens is 258 g/mol. The largest absolute Gasteiger partial charge is 0.493 e. The lowest BCUT2D eigenvalue weighted by Gasteiger charge is -2.19. The number of ether oxygens (including phenoxy) is 1. The van der Waals surface area contributed by atoms with E-state index in [4.69, 9.17) is 10.5 Å². The van der Waals surface area contributed by atoms with E-state index < -0.39 is 0 Å². The zero-order chi connectivity index (χ0) is 15.2. The summed E-state index contributed by atoms with van der Waals surface area (Å²) in [5.74, 6) is 1.62. The summed E-state index contributed by atoms with van der Waals surface area (Å²) in [6.07, 6.45) is 3.17. The van der Waals surface area contributed by atoms with Gasteiger partial charge < -0.3 is 10.5 Å². The molecule has 2 aromatic carbocycles. The Kier molecular flexibility index (Phi) is 5.63. The quantitative estimate of drug-likeness (QED) is 0.810. The fraction of sp³-hybridized carbons (Fsp3) is 0.474. The van der Waals surface area contributed by atoms with Gasteiger partial charge in [0.05, 0.1) is 6.61 Å². The van der Waals surface area contributed by atoms with Gasteiger partial charge in [-0.1, -0.05) is 57.0 Å². The zero-order valence-corrected chi connectivity index (χ0v) is 13.4. The van der Waals surface area contributed by atoms with Crippen LogP contribution in [0, 0.1) is 5.92 Å². The molecular formula is C19H27NO. The Balaban J connectivity index is 2.33. The molecule has 114 valence electrons. The summed E-state index contributed by atoms with van der Waals surface area (Å²) < 4.78 is 6.13. The summed E-state index contributed by atoms with van der Waals surface area (Å²) in [6, 6.07) is 12.8. The Morgan fingerprint density at radius 1 is 1.05 bits per heavy atom. The molecule has 0 saturated carbocycles. The van der Waals surface area contributed by atoms with E-state index >= 15 is 0 Å². The first-order valence-corrected chi connectivity index (χ1v) is 8.04. The van der Waals surface area contributed by atoms with E-state index in [0.29, 0.717) is 5.92 Å². The first-order valence-electron chi connectivity index (χ1n) is 8.04. The van der Waals surface area contributed by atoms with Crippen molar-refractivity contribution < 1.29 is 4.74 Å². The molecule has 1 atom stereocenters. The van der Waals surface area contributed by atoms with Crippen molar-refractivity contribution in [2.75, 3.05) is 6.61 Å². The molecule has 0 radical (unpaired) electrons. The Labute approximate surface area is 128 Å². The molecule has 2 rings (SSSR count). The van der Waals surface area contributed by atoms with Crippen molar-refractivity contribution in [1.29, 1.82) is 0 Å². The van der Waals surface area contributed by atoms with Crippen molar-refractivity contribution in [1.82, 2.24) is 0 Å². The summed E-state index contributed by atoms with van der Waals surface area (Å²) in [5, 5.41) is 2.51. The molecule has 0 aliphatic carbocycles. The van der Waals surface area contributed by atoms with Crippen molar-refractivity contribution >= 4 is 10.8 Å². The zero-order valence-electron chi connectivity index (χ0n) is 13.4. The Morgan fingerprint density at radius 3 is 2.43 bits per heavy atom. The molecule has 0 amide bonds. The molecule has 0 fully saturated rings. The van der Waals surface area contributed by atoms with Gasteiger partial charge >= 0.3 is 0 Å². The number of nitrogens with two attached hydrogens (primary N) is 1. The van der Waals surface area contributed by atoms with Crippen LogP contribution in [-0.4, -0.2) is 12.6 Å². The minimum Gasteiger partial charge on any atom is -0.493 e. The number of fused-ring (bicyclic) bond motifs is 1. The lowest BCUT2D eigenvalue weighted by Crippen LogP contribution is -2.19. The topological polar surface area (TPSA) is 35.2 Å². The molecule has 21 heavy (non-hydrogen) atoms. The van der Waals surface area contributed by atoms with Crippen LogP contribution in [0.4, 0.5) is 0 Å². The molecule has 2 aromatic rings. The number of rotatable bonds is 7. The molecule has 2 N–H and O–H groups in total. The minimum absolute atomic E-state index is 0.131. The van der Waals surface area contributed by atoms with Crippen LogP contribution in [0.5, 0.6) is 5.75 Å². The van der Waals surface area contributed by atoms with Gasteiger partial charge in [0, 0.05) is 11.6 Å². The predicted octanol–water partition coefficient (Wildman–Crippen LogP) is 4.54. The maximum absolute atomic E-state index is 6.13. The molecule has 0 aliphatic heterocycles. The van der Waals surface area contributed by atoms with Gasteiger partial charge in [0.1, 0.15) is 5.75 Å². The maximum atomic E-state index is 6.13. The molecule has 0 heterocycles. The second-order valence-electron chi connectivity index (χ2n) is 5.94. The van der Waals surface area contributed by atoms with E-state index in [-0.39, 0.29) is 6.04 Å². The summed E-state index contributed by atoms with van der Waals surface area (Å²) in [6.45, 7) is 7.28. The van der Waals surface area contributed by atoms with Crippen LogP contribution in [0.2, 0.25) is 0 Å². The van der Waals surface area contributed by atoms with Crippen LogP contribution >= 0.6 is 0 Å². The first kappa shape index (κ1) is 15.8. The van der Waals surface area contributed by atoms with Crippen LogP contribution < -0.4 is 10.5 Å². The van der Waals surface area contributed by atoms with E-state index in [1.165, 1.54) is 16.3 Å². The van der Waals surface area contributed by atoms with Gasteiger partial charge in [0.15, 0.2) is 0 Å². The number of hydrogen-bond acceptors (Lipinski definition) is 2. The van der Waals surface area contributed by atoms with Gasteiger partial charge in [-0.3, -0.25) is 0 Å². The van der Waals surface area contributed by atoms with E-state index in [2.05, 4.69) is 50.2 Å². The Bertz CT molecular complexity index is 573. The first-order chi connectivity index (χ1) is 10.2. The second kappa shape index (κ2) is 7.46. The van der Waals surface area contributed by atoms with Gasteiger partial charge in [0.2, 0.25) is 0 Å². The summed E-state index contributed by atoms with van der Waals surface area (Å²) >= 11 is 0. The fourth-order valence-corrected chi connectivity index (χ4v) is 2.72. The van der Waals surface area contributed by atoms with Crippen LogP contribution in [0.25, 0.3) is 10.8 Å². The standard InChI is InChI=1S/C19H27NO/c1-4-15(5-2)13-21-19-11-10-16-8-6-7-9-17(16)18(19)12-14(3)20/h6-11,14-15H,4-5,12-13,20H2,1-3H3. The van der Waals surface area contributed by atoms with Crippen molar-refractivity contribution in [2.45, 2.75) is 46.1 Å². The highest BCUT2D eigenvalue weighted by Crippen LogP contribution is 2.29. The van der Waals surface area contributed by atoms with Gasteiger partial charge in [-0.15, -0.1) is 0 Å². The third kappa shape index (κ3) is 3.98. The van der Waals surface area contributed by atoms with Crippen molar-refractivity contribution in [3.05, 3.63) is 42.0 Å². The molecule has 2 heteroatoms. The molecule has 0 aliphatic rings. The van der Waals surface area contributed by atoms with E-state index in [9.17, 15) is 0 Å². The Hall–Kier alpha value is -1.54. The van der Waals surface area contributed by atoms with E-state index in [1.807, 2.05) is 6.92 Å². The minimum atomic E-state index is 0.131. The molecule has 0 aromatic heterocycles. The van der Waals surface area contributed by atoms with E-state index in [1.54, 1.807) is 0 Å². The SMILES string of the molecule is CCC(CC)COc1ccc2ccccc2c1CC(C)N. The molecule has 0 saturated heterocycles. The van der Waals surface area contributed by atoms with Gasteiger partial charge in [-0.05, 0) is 36.1 Å². The fourth-order valence-electron chi connectivity index (χ4n) is 2.72. The van der Waals surface area contributed by atoms with Crippen LogP contribution in [0.15, 0.2) is 36.4 Å². The highest BCUT2D eigenvalue weighted by molar-refractivity contribution is 5.87. The lowest BCUT2D eigenvalue weighted by molar-refractivity contribution is 0.239. The molecule has 0 spiro atoms. The third-order valence-corrected chi connectivity index (χ3v) is 4.15. The highest BCUT2D eigenvalue weighted by Gasteiger charge is 2.12. The Morgan fingerprint density at radius 2 is 1.76 bits per heavy atom. The maximum Gasteiger partial charge on any atom is 0.123 e. The van der Waals surface area contributed by atoms with Crippen molar-refractivity contribution in [3.8, 4) is 5.75 Å². The van der Waals surface area contributed by atoms with Crippen molar-refractivity contribution in [3.63, 3.8) is 0 Å². The average molecular weight is 285 g/mol. The lowest BCUT2D eigenvalue weighted by atomic mass is 9.98. The summed E-state index contributed by atoms with van der Waals surface area (Å²) in [4.78, 5) is 0. The second-order valence-corrected chi connectivity index (χ2v) is 5.94. The molecule has 2 nitrogen and oxygen atoms in total. The number of benzene rings is 2. The molecule has 1 unspecified atom stereocenters. The monoisotopic (exact) mass is 285 g/mol.